The molecule has 0 amide bonds. The maximum Gasteiger partial charge on any atom is 0.263 e. The van der Waals surface area contributed by atoms with Gasteiger partial charge >= 0.3 is 0 Å². The van der Waals surface area contributed by atoms with Gasteiger partial charge in [0.1, 0.15) is 0 Å². The van der Waals surface area contributed by atoms with Crippen molar-refractivity contribution in [2.75, 3.05) is 4.72 Å². The van der Waals surface area contributed by atoms with Crippen LogP contribution in [0.15, 0.2) is 28.5 Å². The lowest BCUT2D eigenvalue weighted by Gasteiger charge is -2.06. The predicted octanol–water partition coefficient (Wildman–Crippen LogP) is 1.86. The molecule has 2 N–H and O–H groups in total. The molecule has 0 saturated heterocycles. The van der Waals surface area contributed by atoms with Crippen molar-refractivity contribution >= 4 is 26.5 Å². The Bertz CT molecular complexity index is 722. The van der Waals surface area contributed by atoms with Crippen LogP contribution in [0, 0.1) is 6.92 Å². The van der Waals surface area contributed by atoms with Crippen LogP contribution in [0.2, 0.25) is 0 Å². The first-order valence-electron chi connectivity index (χ1n) is 5.82. The summed E-state index contributed by atoms with van der Waals surface area (Å²) >= 11 is 1.28. The molecule has 0 saturated carbocycles. The minimum absolute atomic E-state index is 0.280. The largest absolute Gasteiger partial charge is 0.309 e. The van der Waals surface area contributed by atoms with Gasteiger partial charge in [-0.1, -0.05) is 6.07 Å². The molecule has 0 unspecified atom stereocenters. The number of nitrogens with one attached hydrogen (secondary N) is 2. The molecule has 7 heteroatoms. The highest BCUT2D eigenvalue weighted by molar-refractivity contribution is 7.93. The summed E-state index contributed by atoms with van der Waals surface area (Å²) in [5, 5.41) is 5.40. The second-order valence-corrected chi connectivity index (χ2v) is 6.97. The van der Waals surface area contributed by atoms with Crippen LogP contribution in [0.1, 0.15) is 16.8 Å². The third-order valence-corrected chi connectivity index (χ3v) is 5.30. The number of fused-ring (bicyclic) bond motifs is 1. The zero-order valence-corrected chi connectivity index (χ0v) is 11.9. The topological polar surface area (TPSA) is 71.1 Å². The lowest BCUT2D eigenvalue weighted by atomic mass is 10.1. The summed E-state index contributed by atoms with van der Waals surface area (Å²) < 4.78 is 27.0. The Hall–Kier alpha value is -1.44. The average Bonchev–Trinajstić information content (AvgIpc) is 2.96. The third-order valence-electron chi connectivity index (χ3n) is 2.96. The molecule has 0 bridgehead atoms. The number of aryl methyl sites for hydroxylation is 1. The first-order valence-corrected chi connectivity index (χ1v) is 8.18. The van der Waals surface area contributed by atoms with Gasteiger partial charge in [-0.3, -0.25) is 4.72 Å². The number of hydrogen-bond donors (Lipinski definition) is 2. The molecule has 1 aromatic heterocycles. The fraction of sp³-hybridized carbons (Fsp3) is 0.250. The molecule has 2 heterocycles. The van der Waals surface area contributed by atoms with Crippen LogP contribution < -0.4 is 10.0 Å². The van der Waals surface area contributed by atoms with E-state index in [2.05, 4.69) is 15.0 Å². The highest BCUT2D eigenvalue weighted by Crippen LogP contribution is 2.23. The van der Waals surface area contributed by atoms with Crippen LogP contribution in [0.5, 0.6) is 0 Å². The molecule has 19 heavy (non-hydrogen) atoms. The molecule has 100 valence electrons. The van der Waals surface area contributed by atoms with E-state index in [1.54, 1.807) is 12.1 Å². The van der Waals surface area contributed by atoms with Crippen molar-refractivity contribution in [1.82, 2.24) is 10.3 Å². The van der Waals surface area contributed by atoms with Gasteiger partial charge in [-0.05, 0) is 30.2 Å². The number of sulfonamides is 1. The number of anilines is 1. The molecule has 0 spiro atoms. The fourth-order valence-electron chi connectivity index (χ4n) is 2.01. The molecule has 0 atom stereocenters. The molecule has 1 aromatic carbocycles. The molecule has 1 aliphatic rings. The van der Waals surface area contributed by atoms with E-state index in [9.17, 15) is 8.42 Å². The highest BCUT2D eigenvalue weighted by Gasteiger charge is 2.19. The summed E-state index contributed by atoms with van der Waals surface area (Å²) in [6.07, 6.45) is 0. The number of aromatic nitrogens is 1. The van der Waals surface area contributed by atoms with Crippen LogP contribution in [0.4, 0.5) is 5.13 Å². The molecule has 5 nitrogen and oxygen atoms in total. The van der Waals surface area contributed by atoms with Gasteiger partial charge < -0.3 is 5.32 Å². The molecule has 0 fully saturated rings. The molecule has 1 aliphatic heterocycles. The van der Waals surface area contributed by atoms with E-state index in [0.717, 1.165) is 29.9 Å². The number of thiazole rings is 1. The van der Waals surface area contributed by atoms with E-state index >= 15 is 0 Å². The van der Waals surface area contributed by atoms with E-state index in [1.807, 2.05) is 18.4 Å². The van der Waals surface area contributed by atoms with Gasteiger partial charge in [0.15, 0.2) is 5.13 Å². The van der Waals surface area contributed by atoms with Crippen molar-refractivity contribution in [1.29, 1.82) is 0 Å². The SMILES string of the molecule is Cc1csc(NS(=O)(=O)c2ccc3c(c2)CNC3)n1. The van der Waals surface area contributed by atoms with Crippen molar-refractivity contribution in [2.24, 2.45) is 0 Å². The maximum atomic E-state index is 12.2. The van der Waals surface area contributed by atoms with Gasteiger partial charge in [-0.15, -0.1) is 11.3 Å². The van der Waals surface area contributed by atoms with Crippen molar-refractivity contribution in [3.8, 4) is 0 Å². The summed E-state index contributed by atoms with van der Waals surface area (Å²) in [6, 6.07) is 5.21. The molecular formula is C12H13N3O2S2. The van der Waals surface area contributed by atoms with Crippen LogP contribution in [-0.4, -0.2) is 13.4 Å². The van der Waals surface area contributed by atoms with Crippen LogP contribution in [0.3, 0.4) is 0 Å². The fourth-order valence-corrected chi connectivity index (χ4v) is 4.00. The van der Waals surface area contributed by atoms with E-state index in [4.69, 9.17) is 0 Å². The predicted molar refractivity (Wildman–Crippen MR) is 74.6 cm³/mol. The number of hydrogen-bond acceptors (Lipinski definition) is 5. The second kappa shape index (κ2) is 4.59. The molecule has 2 aromatic rings. The van der Waals surface area contributed by atoms with Crippen LogP contribution in [-0.2, 0) is 23.1 Å². The van der Waals surface area contributed by atoms with Crippen molar-refractivity contribution in [2.45, 2.75) is 24.9 Å². The lowest BCUT2D eigenvalue weighted by molar-refractivity contribution is 0.601. The van der Waals surface area contributed by atoms with Crippen molar-refractivity contribution in [3.05, 3.63) is 40.4 Å². The number of nitrogens with zero attached hydrogens (tertiary/aromatic N) is 1. The Morgan fingerprint density at radius 3 is 2.84 bits per heavy atom. The van der Waals surface area contributed by atoms with Crippen LogP contribution >= 0.6 is 11.3 Å². The molecule has 0 aliphatic carbocycles. The van der Waals surface area contributed by atoms with E-state index in [-0.39, 0.29) is 4.90 Å². The second-order valence-electron chi connectivity index (χ2n) is 4.43. The van der Waals surface area contributed by atoms with Crippen LogP contribution in [0.25, 0.3) is 0 Å². The standard InChI is InChI=1S/C12H13N3O2S2/c1-8-7-18-12(14-8)15-19(16,17)11-3-2-9-5-13-6-10(9)4-11/h2-4,7,13H,5-6H2,1H3,(H,14,15). The van der Waals surface area contributed by atoms with Gasteiger partial charge in [0.05, 0.1) is 10.6 Å². The van der Waals surface area contributed by atoms with E-state index in [0.29, 0.717) is 5.13 Å². The normalized spacial score (nSPS) is 14.4. The van der Waals surface area contributed by atoms with Gasteiger partial charge in [-0.2, -0.15) is 0 Å². The summed E-state index contributed by atoms with van der Waals surface area (Å²) in [7, 11) is -3.55. The van der Waals surface area contributed by atoms with Gasteiger partial charge in [0.2, 0.25) is 0 Å². The zero-order chi connectivity index (χ0) is 13.5. The summed E-state index contributed by atoms with van der Waals surface area (Å²) in [5.74, 6) is 0. The Labute approximate surface area is 115 Å². The van der Waals surface area contributed by atoms with Gasteiger partial charge in [0.25, 0.3) is 10.0 Å². The van der Waals surface area contributed by atoms with Gasteiger partial charge in [0, 0.05) is 18.5 Å². The van der Waals surface area contributed by atoms with Gasteiger partial charge in [-0.25, -0.2) is 13.4 Å². The Morgan fingerprint density at radius 2 is 2.11 bits per heavy atom. The van der Waals surface area contributed by atoms with E-state index < -0.39 is 10.0 Å². The summed E-state index contributed by atoms with van der Waals surface area (Å²) in [4.78, 5) is 4.39. The molecule has 3 rings (SSSR count). The quantitative estimate of drug-likeness (QED) is 0.906. The summed E-state index contributed by atoms with van der Waals surface area (Å²) in [6.45, 7) is 3.35. The first-order chi connectivity index (χ1) is 9.04. The molecule has 0 radical (unpaired) electrons. The monoisotopic (exact) mass is 295 g/mol. The third kappa shape index (κ3) is 2.49. The Kier molecular flexibility index (Phi) is 3.04. The summed E-state index contributed by atoms with van der Waals surface area (Å²) in [5.41, 5.74) is 3.00. The zero-order valence-electron chi connectivity index (χ0n) is 10.3. The minimum Gasteiger partial charge on any atom is -0.309 e. The van der Waals surface area contributed by atoms with E-state index in [1.165, 1.54) is 11.3 Å². The molecular weight excluding hydrogens is 282 g/mol. The van der Waals surface area contributed by atoms with Crippen molar-refractivity contribution in [3.63, 3.8) is 0 Å². The maximum absolute atomic E-state index is 12.2. The lowest BCUT2D eigenvalue weighted by Crippen LogP contribution is -2.13. The smallest absolute Gasteiger partial charge is 0.263 e. The highest BCUT2D eigenvalue weighted by atomic mass is 32.2. The number of rotatable bonds is 3. The Morgan fingerprint density at radius 1 is 1.32 bits per heavy atom. The van der Waals surface area contributed by atoms with Crippen molar-refractivity contribution < 1.29 is 8.42 Å². The average molecular weight is 295 g/mol. The number of benzene rings is 1. The Balaban J connectivity index is 1.92. The first kappa shape index (κ1) is 12.6. The minimum atomic E-state index is -3.55.